The van der Waals surface area contributed by atoms with Gasteiger partial charge in [-0.15, -0.1) is 0 Å². The summed E-state index contributed by atoms with van der Waals surface area (Å²) >= 11 is 0. The number of nitrogens with zero attached hydrogens (tertiary/aromatic N) is 2. The summed E-state index contributed by atoms with van der Waals surface area (Å²) in [5, 5.41) is 0. The van der Waals surface area contributed by atoms with Gasteiger partial charge in [-0.3, -0.25) is 9.69 Å². The molecule has 96 valence electrons. The number of anilines is 1. The third-order valence-corrected chi connectivity index (χ3v) is 3.87. The number of piperazine rings is 1. The number of benzene rings is 1. The molecule has 2 N–H and O–H groups in total. The summed E-state index contributed by atoms with van der Waals surface area (Å²) in [5.74, 6) is -0.477. The Balaban J connectivity index is 1.70. The normalized spacial score (nSPS) is 26.8. The Morgan fingerprint density at radius 2 is 2.00 bits per heavy atom. The fourth-order valence-corrected chi connectivity index (χ4v) is 3.09. The highest BCUT2D eigenvalue weighted by Crippen LogP contribution is 2.34. The maximum atomic E-state index is 12.9. The number of nitrogens with two attached hydrogens (primary N) is 1. The smallest absolute Gasteiger partial charge is 0.231 e. The van der Waals surface area contributed by atoms with Crippen molar-refractivity contribution in [3.63, 3.8) is 0 Å². The van der Waals surface area contributed by atoms with Crippen molar-refractivity contribution >= 4 is 11.6 Å². The number of carbonyl (C=O) groups is 1. The molecular weight excluding hydrogens is 233 g/mol. The fraction of sp³-hybridized carbons (Fsp3) is 0.462. The van der Waals surface area contributed by atoms with E-state index in [0.29, 0.717) is 18.6 Å². The topological polar surface area (TPSA) is 49.6 Å². The van der Waals surface area contributed by atoms with Crippen LogP contribution in [0.25, 0.3) is 0 Å². The molecule has 1 aromatic carbocycles. The maximum Gasteiger partial charge on any atom is 0.231 e. The van der Waals surface area contributed by atoms with Crippen molar-refractivity contribution in [1.29, 1.82) is 0 Å². The van der Waals surface area contributed by atoms with Crippen LogP contribution in [0.1, 0.15) is 6.42 Å². The summed E-state index contributed by atoms with van der Waals surface area (Å²) in [6, 6.07) is 7.42. The molecule has 0 spiro atoms. The Labute approximate surface area is 105 Å². The predicted molar refractivity (Wildman–Crippen MR) is 66.7 cm³/mol. The molecule has 2 bridgehead atoms. The van der Waals surface area contributed by atoms with Gasteiger partial charge in [0.2, 0.25) is 5.91 Å². The van der Waals surface area contributed by atoms with E-state index in [0.717, 1.165) is 25.2 Å². The van der Waals surface area contributed by atoms with Gasteiger partial charge in [0.15, 0.2) is 0 Å². The number of likely N-dealkylation sites (tertiary alicyclic amines) is 1. The zero-order valence-corrected chi connectivity index (χ0v) is 10.1. The van der Waals surface area contributed by atoms with Crippen molar-refractivity contribution in [2.24, 2.45) is 5.73 Å². The van der Waals surface area contributed by atoms with Crippen LogP contribution in [0.3, 0.4) is 0 Å². The van der Waals surface area contributed by atoms with E-state index in [1.165, 1.54) is 12.1 Å². The van der Waals surface area contributed by atoms with Crippen molar-refractivity contribution < 1.29 is 9.18 Å². The van der Waals surface area contributed by atoms with Crippen LogP contribution in [0, 0.1) is 5.82 Å². The molecule has 0 saturated carbocycles. The van der Waals surface area contributed by atoms with Crippen LogP contribution >= 0.6 is 0 Å². The van der Waals surface area contributed by atoms with Crippen molar-refractivity contribution in [2.45, 2.75) is 18.5 Å². The van der Waals surface area contributed by atoms with E-state index in [4.69, 9.17) is 5.73 Å². The van der Waals surface area contributed by atoms with Gasteiger partial charge >= 0.3 is 0 Å². The molecule has 0 aromatic heterocycles. The van der Waals surface area contributed by atoms with E-state index in [2.05, 4.69) is 9.80 Å². The first-order chi connectivity index (χ1) is 8.63. The summed E-state index contributed by atoms with van der Waals surface area (Å²) in [6.07, 6.45) is 1.06. The first kappa shape index (κ1) is 11.5. The van der Waals surface area contributed by atoms with Gasteiger partial charge in [0.25, 0.3) is 0 Å². The SMILES string of the molecule is NC(=O)CN1CC2CC1CN2c1ccc(F)cc1. The van der Waals surface area contributed by atoms with Gasteiger partial charge in [-0.1, -0.05) is 0 Å². The van der Waals surface area contributed by atoms with Gasteiger partial charge in [-0.05, 0) is 30.7 Å². The number of primary amides is 1. The minimum atomic E-state index is -0.268. The summed E-state index contributed by atoms with van der Waals surface area (Å²) in [5.41, 5.74) is 6.29. The van der Waals surface area contributed by atoms with E-state index in [1.54, 1.807) is 0 Å². The van der Waals surface area contributed by atoms with Crippen LogP contribution in [0.2, 0.25) is 0 Å². The van der Waals surface area contributed by atoms with Gasteiger partial charge in [0.1, 0.15) is 5.82 Å². The van der Waals surface area contributed by atoms with Crippen LogP contribution in [-0.4, -0.2) is 42.5 Å². The lowest BCUT2D eigenvalue weighted by Gasteiger charge is -2.35. The summed E-state index contributed by atoms with van der Waals surface area (Å²) in [4.78, 5) is 15.4. The highest BCUT2D eigenvalue weighted by molar-refractivity contribution is 5.76. The molecular formula is C13H16FN3O. The predicted octanol–water partition coefficient (Wildman–Crippen LogP) is 0.574. The molecule has 2 atom stereocenters. The van der Waals surface area contributed by atoms with Crippen LogP contribution in [0.4, 0.5) is 10.1 Å². The number of amides is 1. The van der Waals surface area contributed by atoms with E-state index < -0.39 is 0 Å². The molecule has 0 aliphatic carbocycles. The number of carbonyl (C=O) groups excluding carboxylic acids is 1. The standard InChI is InChI=1S/C13H16FN3O/c14-9-1-3-10(4-2-9)17-7-11-5-12(17)6-16(11)8-13(15)18/h1-4,11-12H,5-8H2,(H2,15,18). The highest BCUT2D eigenvalue weighted by Gasteiger charge is 2.43. The number of hydrogen-bond donors (Lipinski definition) is 1. The number of hydrogen-bond acceptors (Lipinski definition) is 3. The molecule has 2 heterocycles. The third kappa shape index (κ3) is 1.95. The summed E-state index contributed by atoms with van der Waals surface area (Å²) in [6.45, 7) is 2.10. The fourth-order valence-electron chi connectivity index (χ4n) is 3.09. The zero-order valence-electron chi connectivity index (χ0n) is 10.1. The van der Waals surface area contributed by atoms with E-state index in [9.17, 15) is 9.18 Å². The molecule has 4 nitrogen and oxygen atoms in total. The molecule has 18 heavy (non-hydrogen) atoms. The maximum absolute atomic E-state index is 12.9. The van der Waals surface area contributed by atoms with Gasteiger partial charge in [0.05, 0.1) is 6.54 Å². The van der Waals surface area contributed by atoms with Crippen molar-refractivity contribution in [3.8, 4) is 0 Å². The first-order valence-electron chi connectivity index (χ1n) is 6.18. The highest BCUT2D eigenvalue weighted by atomic mass is 19.1. The molecule has 3 rings (SSSR count). The van der Waals surface area contributed by atoms with Crippen molar-refractivity contribution in [1.82, 2.24) is 4.90 Å². The largest absolute Gasteiger partial charge is 0.369 e. The lowest BCUT2D eigenvalue weighted by atomic mass is 10.2. The van der Waals surface area contributed by atoms with Crippen LogP contribution in [-0.2, 0) is 4.79 Å². The molecule has 1 aromatic rings. The molecule has 2 aliphatic heterocycles. The molecule has 0 radical (unpaired) electrons. The van der Waals surface area contributed by atoms with E-state index >= 15 is 0 Å². The molecule has 5 heteroatoms. The van der Waals surface area contributed by atoms with Crippen LogP contribution in [0.15, 0.2) is 24.3 Å². The minimum absolute atomic E-state index is 0.210. The molecule has 2 saturated heterocycles. The van der Waals surface area contributed by atoms with Gasteiger partial charge in [0, 0.05) is 30.9 Å². The molecule has 2 aliphatic rings. The van der Waals surface area contributed by atoms with Gasteiger partial charge < -0.3 is 10.6 Å². The molecule has 2 fully saturated rings. The van der Waals surface area contributed by atoms with Crippen molar-refractivity contribution in [2.75, 3.05) is 24.5 Å². The second-order valence-corrected chi connectivity index (χ2v) is 5.07. The van der Waals surface area contributed by atoms with Gasteiger partial charge in [-0.2, -0.15) is 0 Å². The summed E-state index contributed by atoms with van der Waals surface area (Å²) in [7, 11) is 0. The zero-order chi connectivity index (χ0) is 12.7. The number of halogens is 1. The lowest BCUT2D eigenvalue weighted by Crippen LogP contribution is -2.48. The van der Waals surface area contributed by atoms with E-state index in [1.807, 2.05) is 12.1 Å². The quantitative estimate of drug-likeness (QED) is 0.852. The lowest BCUT2D eigenvalue weighted by molar-refractivity contribution is -0.119. The number of rotatable bonds is 3. The third-order valence-electron chi connectivity index (χ3n) is 3.87. The van der Waals surface area contributed by atoms with Crippen molar-refractivity contribution in [3.05, 3.63) is 30.1 Å². The van der Waals surface area contributed by atoms with Gasteiger partial charge in [-0.25, -0.2) is 4.39 Å². The first-order valence-corrected chi connectivity index (χ1v) is 6.18. The average Bonchev–Trinajstić information content (AvgIpc) is 2.88. The van der Waals surface area contributed by atoms with Crippen LogP contribution < -0.4 is 10.6 Å². The molecule has 1 amide bonds. The Morgan fingerprint density at radius 3 is 2.56 bits per heavy atom. The average molecular weight is 249 g/mol. The monoisotopic (exact) mass is 249 g/mol. The number of fused-ring (bicyclic) bond motifs is 2. The molecule has 2 unspecified atom stereocenters. The van der Waals surface area contributed by atoms with E-state index in [-0.39, 0.29) is 11.7 Å². The minimum Gasteiger partial charge on any atom is -0.369 e. The Bertz CT molecular complexity index is 462. The second kappa shape index (κ2) is 4.24. The second-order valence-electron chi connectivity index (χ2n) is 5.07. The Morgan fingerprint density at radius 1 is 1.28 bits per heavy atom. The summed E-state index contributed by atoms with van der Waals surface area (Å²) < 4.78 is 12.9. The van der Waals surface area contributed by atoms with Crippen LogP contribution in [0.5, 0.6) is 0 Å². The Kier molecular flexibility index (Phi) is 2.70. The Hall–Kier alpha value is -1.62.